The molecular formula is C18H15FN2O3S. The fraction of sp³-hybridized carbons (Fsp3) is 0.167. The molecule has 0 aliphatic heterocycles. The molecule has 3 aromatic rings. The summed E-state index contributed by atoms with van der Waals surface area (Å²) in [5.74, 6) is -0.0137. The number of rotatable bonds is 6. The first kappa shape index (κ1) is 17.2. The van der Waals surface area contributed by atoms with E-state index in [1.165, 1.54) is 19.2 Å². The van der Waals surface area contributed by atoms with Gasteiger partial charge in [-0.05, 0) is 37.3 Å². The van der Waals surface area contributed by atoms with E-state index in [4.69, 9.17) is 9.15 Å². The largest absolute Gasteiger partial charge is 0.496 e. The molecule has 0 spiro atoms. The highest BCUT2D eigenvalue weighted by molar-refractivity contribution is 7.99. The van der Waals surface area contributed by atoms with Gasteiger partial charge in [0.25, 0.3) is 5.22 Å². The number of halogens is 1. The van der Waals surface area contributed by atoms with Gasteiger partial charge < -0.3 is 9.15 Å². The predicted molar refractivity (Wildman–Crippen MR) is 92.5 cm³/mol. The number of aryl methyl sites for hydroxylation is 1. The molecule has 128 valence electrons. The number of methoxy groups -OCH3 is 1. The lowest BCUT2D eigenvalue weighted by Gasteiger charge is -2.06. The minimum atomic E-state index is -0.492. The molecular weight excluding hydrogens is 343 g/mol. The molecule has 0 aliphatic carbocycles. The first-order valence-corrected chi connectivity index (χ1v) is 8.45. The Labute approximate surface area is 148 Å². The van der Waals surface area contributed by atoms with Crippen molar-refractivity contribution in [2.24, 2.45) is 0 Å². The van der Waals surface area contributed by atoms with Crippen molar-refractivity contribution >= 4 is 17.5 Å². The van der Waals surface area contributed by atoms with Gasteiger partial charge in [0.2, 0.25) is 5.89 Å². The topological polar surface area (TPSA) is 65.2 Å². The molecule has 0 saturated heterocycles. The van der Waals surface area contributed by atoms with Crippen molar-refractivity contribution in [2.75, 3.05) is 12.9 Å². The third-order valence-corrected chi connectivity index (χ3v) is 4.28. The Morgan fingerprint density at radius 3 is 2.84 bits per heavy atom. The van der Waals surface area contributed by atoms with Gasteiger partial charge in [0.15, 0.2) is 5.78 Å². The van der Waals surface area contributed by atoms with Gasteiger partial charge >= 0.3 is 0 Å². The average molecular weight is 358 g/mol. The lowest BCUT2D eigenvalue weighted by atomic mass is 10.1. The molecule has 0 amide bonds. The summed E-state index contributed by atoms with van der Waals surface area (Å²) in [5, 5.41) is 8.21. The highest BCUT2D eigenvalue weighted by Gasteiger charge is 2.16. The summed E-state index contributed by atoms with van der Waals surface area (Å²) in [7, 11) is 1.43. The number of benzene rings is 2. The lowest BCUT2D eigenvalue weighted by molar-refractivity contribution is 0.101. The van der Waals surface area contributed by atoms with Crippen LogP contribution < -0.4 is 4.74 Å². The molecule has 0 atom stereocenters. The Kier molecular flexibility index (Phi) is 5.14. The van der Waals surface area contributed by atoms with Crippen LogP contribution >= 0.6 is 11.8 Å². The number of Topliss-reactive ketones (excluding diaryl/α,β-unsaturated/α-hetero) is 1. The van der Waals surface area contributed by atoms with Crippen LogP contribution in [0.1, 0.15) is 15.9 Å². The first-order chi connectivity index (χ1) is 12.1. The van der Waals surface area contributed by atoms with E-state index >= 15 is 0 Å². The maximum absolute atomic E-state index is 13.4. The molecule has 7 heteroatoms. The van der Waals surface area contributed by atoms with Crippen LogP contribution in [0.15, 0.2) is 52.1 Å². The molecule has 0 fully saturated rings. The third-order valence-electron chi connectivity index (χ3n) is 3.46. The van der Waals surface area contributed by atoms with Crippen molar-refractivity contribution in [3.05, 3.63) is 59.4 Å². The Morgan fingerprint density at radius 2 is 2.08 bits per heavy atom. The van der Waals surface area contributed by atoms with Gasteiger partial charge in [0.05, 0.1) is 18.4 Å². The molecule has 25 heavy (non-hydrogen) atoms. The van der Waals surface area contributed by atoms with Gasteiger partial charge in [-0.25, -0.2) is 4.39 Å². The highest BCUT2D eigenvalue weighted by atomic mass is 32.2. The van der Waals surface area contributed by atoms with Gasteiger partial charge in [-0.15, -0.1) is 10.2 Å². The Morgan fingerprint density at radius 1 is 1.24 bits per heavy atom. The number of hydrogen-bond acceptors (Lipinski definition) is 6. The number of ether oxygens (including phenoxy) is 1. The van der Waals surface area contributed by atoms with Gasteiger partial charge in [-0.2, -0.15) is 0 Å². The quantitative estimate of drug-likeness (QED) is 0.487. The fourth-order valence-electron chi connectivity index (χ4n) is 2.27. The second-order valence-corrected chi connectivity index (χ2v) is 6.23. The number of thioether (sulfide) groups is 1. The molecule has 0 saturated carbocycles. The van der Waals surface area contributed by atoms with Crippen LogP contribution in [0.5, 0.6) is 5.75 Å². The number of aromatic nitrogens is 2. The molecule has 0 aliphatic rings. The van der Waals surface area contributed by atoms with Crippen molar-refractivity contribution in [1.29, 1.82) is 0 Å². The highest BCUT2D eigenvalue weighted by Crippen LogP contribution is 2.26. The number of carbonyl (C=O) groups is 1. The fourth-order valence-corrected chi connectivity index (χ4v) is 2.91. The van der Waals surface area contributed by atoms with Crippen LogP contribution in [0.3, 0.4) is 0 Å². The van der Waals surface area contributed by atoms with E-state index in [0.717, 1.165) is 29.0 Å². The van der Waals surface area contributed by atoms with Crippen LogP contribution in [-0.2, 0) is 0 Å². The van der Waals surface area contributed by atoms with Crippen LogP contribution in [0.2, 0.25) is 0 Å². The smallest absolute Gasteiger partial charge is 0.277 e. The summed E-state index contributed by atoms with van der Waals surface area (Å²) in [6.07, 6.45) is 0. The predicted octanol–water partition coefficient (Wildman–Crippen LogP) is 4.17. The van der Waals surface area contributed by atoms with Gasteiger partial charge in [-0.1, -0.05) is 29.5 Å². The minimum absolute atomic E-state index is 0.0370. The summed E-state index contributed by atoms with van der Waals surface area (Å²) in [6, 6.07) is 11.5. The van der Waals surface area contributed by atoms with Crippen molar-refractivity contribution in [3.63, 3.8) is 0 Å². The van der Waals surface area contributed by atoms with E-state index in [1.807, 2.05) is 31.2 Å². The third kappa shape index (κ3) is 4.06. The van der Waals surface area contributed by atoms with Crippen LogP contribution in [-0.4, -0.2) is 28.8 Å². The van der Waals surface area contributed by atoms with Crippen molar-refractivity contribution in [1.82, 2.24) is 10.2 Å². The zero-order valence-corrected chi connectivity index (χ0v) is 14.5. The monoisotopic (exact) mass is 358 g/mol. The van der Waals surface area contributed by atoms with E-state index < -0.39 is 5.82 Å². The summed E-state index contributed by atoms with van der Waals surface area (Å²) in [4.78, 5) is 12.3. The Hall–Kier alpha value is -2.67. The lowest BCUT2D eigenvalue weighted by Crippen LogP contribution is -2.05. The van der Waals surface area contributed by atoms with Crippen molar-refractivity contribution in [3.8, 4) is 17.2 Å². The molecule has 2 aromatic carbocycles. The van der Waals surface area contributed by atoms with Crippen molar-refractivity contribution in [2.45, 2.75) is 12.1 Å². The summed E-state index contributed by atoms with van der Waals surface area (Å²) in [5.41, 5.74) is 2.09. The van der Waals surface area contributed by atoms with E-state index in [0.29, 0.717) is 11.6 Å². The Balaban J connectivity index is 1.70. The molecule has 0 N–H and O–H groups in total. The normalized spacial score (nSPS) is 10.7. The SMILES string of the molecule is COc1ccc(F)cc1C(=O)CSc1nnc(-c2cccc(C)c2)o1. The van der Waals surface area contributed by atoms with E-state index in [1.54, 1.807) is 0 Å². The number of nitrogens with zero attached hydrogens (tertiary/aromatic N) is 2. The van der Waals surface area contributed by atoms with E-state index in [2.05, 4.69) is 10.2 Å². The number of hydrogen-bond donors (Lipinski definition) is 0. The molecule has 0 radical (unpaired) electrons. The van der Waals surface area contributed by atoms with Crippen LogP contribution in [0.4, 0.5) is 4.39 Å². The van der Waals surface area contributed by atoms with E-state index in [-0.39, 0.29) is 22.3 Å². The van der Waals surface area contributed by atoms with Gasteiger partial charge in [-0.3, -0.25) is 4.79 Å². The molecule has 0 unspecified atom stereocenters. The zero-order valence-electron chi connectivity index (χ0n) is 13.7. The standard InChI is InChI=1S/C18H15FN2O3S/c1-11-4-3-5-12(8-11)17-20-21-18(24-17)25-10-15(22)14-9-13(19)6-7-16(14)23-2/h3-9H,10H2,1-2H3. The molecule has 0 bridgehead atoms. The molecule has 3 rings (SSSR count). The second kappa shape index (κ2) is 7.48. The summed E-state index contributed by atoms with van der Waals surface area (Å²) >= 11 is 1.10. The van der Waals surface area contributed by atoms with Crippen molar-refractivity contribution < 1.29 is 18.3 Å². The molecule has 1 heterocycles. The van der Waals surface area contributed by atoms with Gasteiger partial charge in [0, 0.05) is 5.56 Å². The zero-order chi connectivity index (χ0) is 17.8. The maximum atomic E-state index is 13.4. The Bertz CT molecular complexity index is 911. The minimum Gasteiger partial charge on any atom is -0.496 e. The molecule has 5 nitrogen and oxygen atoms in total. The summed E-state index contributed by atoms with van der Waals surface area (Å²) < 4.78 is 24.0. The number of carbonyl (C=O) groups excluding carboxylic acids is 1. The number of ketones is 1. The second-order valence-electron chi connectivity index (χ2n) is 5.30. The van der Waals surface area contributed by atoms with Crippen LogP contribution in [0, 0.1) is 12.7 Å². The summed E-state index contributed by atoms with van der Waals surface area (Å²) in [6.45, 7) is 1.97. The first-order valence-electron chi connectivity index (χ1n) is 7.47. The van der Waals surface area contributed by atoms with Gasteiger partial charge in [0.1, 0.15) is 11.6 Å². The van der Waals surface area contributed by atoms with Crippen LogP contribution in [0.25, 0.3) is 11.5 Å². The van der Waals surface area contributed by atoms with E-state index in [9.17, 15) is 9.18 Å². The average Bonchev–Trinajstić information content (AvgIpc) is 3.08. The maximum Gasteiger partial charge on any atom is 0.277 e. The molecule has 1 aromatic heterocycles.